The number of nitrogens with one attached hydrogen (secondary N) is 3. The number of aromatic nitrogens is 2. The summed E-state index contributed by atoms with van der Waals surface area (Å²) in [6.07, 6.45) is 0.433. The van der Waals surface area contributed by atoms with Crippen LogP contribution in [0.3, 0.4) is 0 Å². The maximum Gasteiger partial charge on any atom is 0.256 e. The number of hydrogen-bond acceptors (Lipinski definition) is 4. The van der Waals surface area contributed by atoms with Crippen molar-refractivity contribution in [2.24, 2.45) is 5.73 Å². The number of nitrogens with two attached hydrogens (primary N) is 1. The van der Waals surface area contributed by atoms with Crippen molar-refractivity contribution in [1.82, 2.24) is 10.2 Å². The molecule has 39 heavy (non-hydrogen) atoms. The number of rotatable bonds is 8. The van der Waals surface area contributed by atoms with Gasteiger partial charge in [-0.1, -0.05) is 71.7 Å². The molecule has 0 spiro atoms. The van der Waals surface area contributed by atoms with Crippen LogP contribution in [0.5, 0.6) is 0 Å². The molecule has 5 rings (SSSR count). The van der Waals surface area contributed by atoms with E-state index in [1.54, 1.807) is 48.5 Å². The van der Waals surface area contributed by atoms with E-state index in [2.05, 4.69) is 20.8 Å². The molecule has 0 aliphatic heterocycles. The van der Waals surface area contributed by atoms with Crippen molar-refractivity contribution >= 4 is 57.4 Å². The first-order valence-corrected chi connectivity index (χ1v) is 13.1. The minimum absolute atomic E-state index is 0.231. The Bertz CT molecular complexity index is 1640. The van der Waals surface area contributed by atoms with E-state index in [-0.39, 0.29) is 11.8 Å². The number of hydrogen-bond donors (Lipinski definition) is 4. The summed E-state index contributed by atoms with van der Waals surface area (Å²) in [4.78, 5) is 26.2. The third kappa shape index (κ3) is 5.96. The van der Waals surface area contributed by atoms with Gasteiger partial charge in [0.05, 0.1) is 21.5 Å². The topological polar surface area (TPSA) is 113 Å². The van der Waals surface area contributed by atoms with E-state index >= 15 is 0 Å². The second-order valence-electron chi connectivity index (χ2n) is 9.02. The Kier molecular flexibility index (Phi) is 7.93. The lowest BCUT2D eigenvalue weighted by Gasteiger charge is -2.17. The molecule has 1 unspecified atom stereocenters. The van der Waals surface area contributed by atoms with Crippen LogP contribution in [0.2, 0.25) is 10.0 Å². The maximum atomic E-state index is 13.2. The van der Waals surface area contributed by atoms with E-state index in [4.69, 9.17) is 28.9 Å². The van der Waals surface area contributed by atoms with E-state index < -0.39 is 5.92 Å². The van der Waals surface area contributed by atoms with Gasteiger partial charge in [-0.05, 0) is 72.1 Å². The lowest BCUT2D eigenvalue weighted by atomic mass is 9.94. The van der Waals surface area contributed by atoms with Gasteiger partial charge in [0.1, 0.15) is 0 Å². The fraction of sp³-hybridized carbons (Fsp3) is 0.100. The number of benzene rings is 4. The monoisotopic (exact) mass is 557 g/mol. The van der Waals surface area contributed by atoms with E-state index in [1.165, 1.54) is 0 Å². The molecule has 1 atom stereocenters. The normalized spacial score (nSPS) is 11.8. The zero-order valence-corrected chi connectivity index (χ0v) is 22.3. The molecule has 1 heterocycles. The van der Waals surface area contributed by atoms with Gasteiger partial charge in [-0.15, -0.1) is 0 Å². The highest BCUT2D eigenvalue weighted by atomic mass is 35.5. The number of halogens is 2. The van der Waals surface area contributed by atoms with Crippen LogP contribution >= 0.6 is 23.2 Å². The highest BCUT2D eigenvalue weighted by molar-refractivity contribution is 6.42. The standard InChI is InChI=1S/C30H25Cl2N5O2/c31-25-12-10-21(16-26(25)32)23(14-15-33)30(39)34-22-11-13-27-24(17-22)28(37-36-27)35-29(38)20-8-6-19(7-9-20)18-4-2-1-3-5-18/h1-13,16-17,23H,14-15,33H2,(H,34,39)(H2,35,36,37,38). The first-order valence-electron chi connectivity index (χ1n) is 12.3. The number of nitrogens with zero attached hydrogens (tertiary/aromatic N) is 1. The van der Waals surface area contributed by atoms with Gasteiger partial charge >= 0.3 is 0 Å². The van der Waals surface area contributed by atoms with Crippen LogP contribution in [0.4, 0.5) is 11.5 Å². The van der Waals surface area contributed by atoms with Crippen LogP contribution in [0.1, 0.15) is 28.3 Å². The number of anilines is 2. The molecule has 0 aliphatic carbocycles. The van der Waals surface area contributed by atoms with Crippen LogP contribution in [0, 0.1) is 0 Å². The number of fused-ring (bicyclic) bond motifs is 1. The fourth-order valence-electron chi connectivity index (χ4n) is 4.39. The molecule has 0 saturated heterocycles. The van der Waals surface area contributed by atoms with Crippen molar-refractivity contribution in [1.29, 1.82) is 0 Å². The van der Waals surface area contributed by atoms with Gasteiger partial charge in [-0.3, -0.25) is 14.7 Å². The number of carbonyl (C=O) groups is 2. The largest absolute Gasteiger partial charge is 0.330 e. The Hall–Kier alpha value is -4.17. The first kappa shape index (κ1) is 26.4. The Morgan fingerprint density at radius 3 is 2.31 bits per heavy atom. The van der Waals surface area contributed by atoms with Gasteiger partial charge in [0.2, 0.25) is 5.91 Å². The number of amides is 2. The summed E-state index contributed by atoms with van der Waals surface area (Å²) in [6, 6.07) is 27.8. The number of carbonyl (C=O) groups excluding carboxylic acids is 2. The summed E-state index contributed by atoms with van der Waals surface area (Å²) in [5, 5.41) is 14.4. The molecule has 0 fully saturated rings. The lowest BCUT2D eigenvalue weighted by molar-refractivity contribution is -0.117. The zero-order chi connectivity index (χ0) is 27.4. The highest BCUT2D eigenvalue weighted by Crippen LogP contribution is 2.30. The lowest BCUT2D eigenvalue weighted by Crippen LogP contribution is -2.23. The number of aromatic amines is 1. The van der Waals surface area contributed by atoms with Gasteiger partial charge in [0, 0.05) is 16.6 Å². The Labute approximate surface area is 235 Å². The average Bonchev–Trinajstić information content (AvgIpc) is 3.35. The molecule has 5 aromatic rings. The molecular formula is C30H25Cl2N5O2. The molecule has 196 valence electrons. The summed E-state index contributed by atoms with van der Waals surface area (Å²) in [5.74, 6) is -0.671. The zero-order valence-electron chi connectivity index (χ0n) is 20.7. The molecular weight excluding hydrogens is 533 g/mol. The predicted molar refractivity (Wildman–Crippen MR) is 157 cm³/mol. The maximum absolute atomic E-state index is 13.2. The van der Waals surface area contributed by atoms with E-state index in [9.17, 15) is 9.59 Å². The van der Waals surface area contributed by atoms with Gasteiger partial charge in [0.15, 0.2) is 5.82 Å². The Balaban J connectivity index is 1.33. The molecule has 5 N–H and O–H groups in total. The second kappa shape index (κ2) is 11.7. The summed E-state index contributed by atoms with van der Waals surface area (Å²) in [6.45, 7) is 0.321. The van der Waals surface area contributed by atoms with Crippen molar-refractivity contribution < 1.29 is 9.59 Å². The molecule has 2 amide bonds. The smallest absolute Gasteiger partial charge is 0.256 e. The van der Waals surface area contributed by atoms with E-state index in [1.807, 2.05) is 42.5 Å². The quantitative estimate of drug-likeness (QED) is 0.167. The SMILES string of the molecule is NCCC(C(=O)Nc1ccc2[nH]nc(NC(=O)c3ccc(-c4ccccc4)cc3)c2c1)c1ccc(Cl)c(Cl)c1. The minimum atomic E-state index is -0.511. The van der Waals surface area contributed by atoms with Crippen molar-refractivity contribution in [2.75, 3.05) is 17.2 Å². The molecule has 0 bridgehead atoms. The highest BCUT2D eigenvalue weighted by Gasteiger charge is 2.21. The number of H-pyrrole nitrogens is 1. The summed E-state index contributed by atoms with van der Waals surface area (Å²) >= 11 is 12.2. The van der Waals surface area contributed by atoms with Crippen molar-refractivity contribution in [2.45, 2.75) is 12.3 Å². The van der Waals surface area contributed by atoms with Crippen LogP contribution in [-0.4, -0.2) is 28.6 Å². The van der Waals surface area contributed by atoms with Crippen molar-refractivity contribution in [3.05, 3.63) is 112 Å². The van der Waals surface area contributed by atoms with Crippen LogP contribution in [0.15, 0.2) is 91.0 Å². The van der Waals surface area contributed by atoms with Crippen molar-refractivity contribution in [3.8, 4) is 11.1 Å². The summed E-state index contributed by atoms with van der Waals surface area (Å²) in [5.41, 5.74) is 10.4. The van der Waals surface area contributed by atoms with Gasteiger partial charge in [-0.25, -0.2) is 0 Å². The fourth-order valence-corrected chi connectivity index (χ4v) is 4.69. The van der Waals surface area contributed by atoms with Crippen molar-refractivity contribution in [3.63, 3.8) is 0 Å². The molecule has 0 saturated carbocycles. The van der Waals surface area contributed by atoms with Gasteiger partial charge in [0.25, 0.3) is 5.91 Å². The second-order valence-corrected chi connectivity index (χ2v) is 9.84. The van der Waals surface area contributed by atoms with Crippen LogP contribution < -0.4 is 16.4 Å². The first-order chi connectivity index (χ1) is 18.9. The average molecular weight is 558 g/mol. The molecule has 1 aromatic heterocycles. The molecule has 0 radical (unpaired) electrons. The third-order valence-electron chi connectivity index (χ3n) is 6.43. The summed E-state index contributed by atoms with van der Waals surface area (Å²) in [7, 11) is 0. The van der Waals surface area contributed by atoms with Crippen LogP contribution in [-0.2, 0) is 4.79 Å². The molecule has 9 heteroatoms. The van der Waals surface area contributed by atoms with Gasteiger partial charge in [-0.2, -0.15) is 5.10 Å². The molecule has 7 nitrogen and oxygen atoms in total. The minimum Gasteiger partial charge on any atom is -0.330 e. The van der Waals surface area contributed by atoms with E-state index in [0.29, 0.717) is 51.0 Å². The molecule has 0 aliphatic rings. The van der Waals surface area contributed by atoms with Crippen LogP contribution in [0.25, 0.3) is 22.0 Å². The Morgan fingerprint density at radius 1 is 0.846 bits per heavy atom. The van der Waals surface area contributed by atoms with E-state index in [0.717, 1.165) is 16.7 Å². The summed E-state index contributed by atoms with van der Waals surface area (Å²) < 4.78 is 0. The predicted octanol–water partition coefficient (Wildman–Crippen LogP) is 6.86. The molecule has 4 aromatic carbocycles. The van der Waals surface area contributed by atoms with Gasteiger partial charge < -0.3 is 16.4 Å². The Morgan fingerprint density at radius 2 is 1.59 bits per heavy atom. The third-order valence-corrected chi connectivity index (χ3v) is 7.17.